The van der Waals surface area contributed by atoms with E-state index in [4.69, 9.17) is 10.5 Å². The molecule has 1 aromatic heterocycles. The Kier molecular flexibility index (Phi) is 4.63. The van der Waals surface area contributed by atoms with Crippen LogP contribution in [0.25, 0.3) is 32.9 Å². The second-order valence-electron chi connectivity index (χ2n) is 6.67. The van der Waals surface area contributed by atoms with Crippen LogP contribution in [0, 0.1) is 0 Å². The van der Waals surface area contributed by atoms with Crippen molar-refractivity contribution in [3.05, 3.63) is 66.2 Å². The Morgan fingerprint density at radius 3 is 2.42 bits per heavy atom. The Labute approximate surface area is 153 Å². The van der Waals surface area contributed by atoms with E-state index in [9.17, 15) is 0 Å². The van der Waals surface area contributed by atoms with E-state index >= 15 is 0 Å². The number of unbranched alkanes of at least 4 members (excludes halogenated alkanes) is 1. The molecule has 0 bridgehead atoms. The normalized spacial score (nSPS) is 11.3. The van der Waals surface area contributed by atoms with E-state index in [1.165, 1.54) is 27.2 Å². The zero-order valence-corrected chi connectivity index (χ0v) is 15.1. The molecule has 4 aromatic rings. The summed E-state index contributed by atoms with van der Waals surface area (Å²) in [6, 6.07) is 21.3. The molecule has 0 saturated heterocycles. The van der Waals surface area contributed by atoms with Gasteiger partial charge < -0.3 is 15.5 Å². The van der Waals surface area contributed by atoms with Crippen molar-refractivity contribution >= 4 is 21.7 Å². The molecule has 26 heavy (non-hydrogen) atoms. The highest BCUT2D eigenvalue weighted by Crippen LogP contribution is 2.38. The molecule has 0 aliphatic heterocycles. The van der Waals surface area contributed by atoms with E-state index in [1.54, 1.807) is 7.11 Å². The monoisotopic (exact) mass is 344 g/mol. The van der Waals surface area contributed by atoms with Crippen molar-refractivity contribution in [2.24, 2.45) is 5.73 Å². The van der Waals surface area contributed by atoms with Crippen LogP contribution >= 0.6 is 0 Å². The fourth-order valence-electron chi connectivity index (χ4n) is 3.72. The lowest BCUT2D eigenvalue weighted by Gasteiger charge is -2.12. The molecule has 0 aliphatic carbocycles. The van der Waals surface area contributed by atoms with Crippen molar-refractivity contribution in [1.82, 2.24) is 4.98 Å². The van der Waals surface area contributed by atoms with Gasteiger partial charge in [0, 0.05) is 16.5 Å². The molecule has 0 atom stereocenters. The third kappa shape index (κ3) is 2.95. The summed E-state index contributed by atoms with van der Waals surface area (Å²) in [5.41, 5.74) is 10.5. The van der Waals surface area contributed by atoms with Crippen LogP contribution in [0.15, 0.2) is 60.7 Å². The largest absolute Gasteiger partial charge is 0.496 e. The Balaban J connectivity index is 1.92. The average molecular weight is 344 g/mol. The number of para-hydroxylation sites is 1. The summed E-state index contributed by atoms with van der Waals surface area (Å²) >= 11 is 0. The molecular weight excluding hydrogens is 320 g/mol. The van der Waals surface area contributed by atoms with Crippen molar-refractivity contribution in [3.8, 4) is 17.0 Å². The molecule has 0 radical (unpaired) electrons. The average Bonchev–Trinajstić information content (AvgIpc) is 3.05. The molecule has 3 nitrogen and oxygen atoms in total. The quantitative estimate of drug-likeness (QED) is 0.468. The zero-order chi connectivity index (χ0) is 17.9. The summed E-state index contributed by atoms with van der Waals surface area (Å²) in [6.07, 6.45) is 3.13. The molecule has 3 N–H and O–H groups in total. The van der Waals surface area contributed by atoms with Crippen LogP contribution < -0.4 is 10.5 Å². The van der Waals surface area contributed by atoms with Crippen LogP contribution in [0.1, 0.15) is 18.4 Å². The summed E-state index contributed by atoms with van der Waals surface area (Å²) in [6.45, 7) is 0.733. The molecule has 0 spiro atoms. The SMILES string of the molecule is COc1cc2ccccc2cc1-c1[nH]c2ccccc2c1CCCCN. The van der Waals surface area contributed by atoms with Crippen LogP contribution in [0.2, 0.25) is 0 Å². The number of fused-ring (bicyclic) bond motifs is 2. The number of nitrogens with one attached hydrogen (secondary N) is 1. The molecule has 0 amide bonds. The lowest BCUT2D eigenvalue weighted by Crippen LogP contribution is -1.99. The first-order chi connectivity index (χ1) is 12.8. The van der Waals surface area contributed by atoms with Gasteiger partial charge in [0.25, 0.3) is 0 Å². The smallest absolute Gasteiger partial charge is 0.128 e. The van der Waals surface area contributed by atoms with Gasteiger partial charge in [0.15, 0.2) is 0 Å². The predicted molar refractivity (Wildman–Crippen MR) is 110 cm³/mol. The molecule has 0 fully saturated rings. The number of rotatable bonds is 6. The van der Waals surface area contributed by atoms with Gasteiger partial charge in [-0.3, -0.25) is 0 Å². The molecule has 0 saturated carbocycles. The first-order valence-electron chi connectivity index (χ1n) is 9.18. The molecule has 4 rings (SSSR count). The van der Waals surface area contributed by atoms with Crippen LogP contribution in [0.5, 0.6) is 5.75 Å². The van der Waals surface area contributed by atoms with Crippen molar-refractivity contribution in [2.45, 2.75) is 19.3 Å². The summed E-state index contributed by atoms with van der Waals surface area (Å²) < 4.78 is 5.74. The number of ether oxygens (including phenoxy) is 1. The van der Waals surface area contributed by atoms with Crippen molar-refractivity contribution in [2.75, 3.05) is 13.7 Å². The first kappa shape index (κ1) is 16.7. The molecule has 3 aromatic carbocycles. The summed E-state index contributed by atoms with van der Waals surface area (Å²) in [5.74, 6) is 0.898. The summed E-state index contributed by atoms with van der Waals surface area (Å²) in [7, 11) is 1.74. The highest BCUT2D eigenvalue weighted by atomic mass is 16.5. The number of nitrogens with two attached hydrogens (primary N) is 1. The van der Waals surface area contributed by atoms with Gasteiger partial charge in [-0.1, -0.05) is 42.5 Å². The fraction of sp³-hybridized carbons (Fsp3) is 0.217. The molecule has 1 heterocycles. The van der Waals surface area contributed by atoms with E-state index in [1.807, 2.05) is 0 Å². The topological polar surface area (TPSA) is 51.0 Å². The number of H-pyrrole nitrogens is 1. The van der Waals surface area contributed by atoms with Crippen LogP contribution in [-0.4, -0.2) is 18.6 Å². The van der Waals surface area contributed by atoms with Gasteiger partial charge in [0.2, 0.25) is 0 Å². The zero-order valence-electron chi connectivity index (χ0n) is 15.1. The van der Waals surface area contributed by atoms with Gasteiger partial charge in [-0.15, -0.1) is 0 Å². The molecular formula is C23H24N2O. The van der Waals surface area contributed by atoms with Crippen LogP contribution in [0.3, 0.4) is 0 Å². The minimum Gasteiger partial charge on any atom is -0.496 e. The maximum Gasteiger partial charge on any atom is 0.128 e. The Morgan fingerprint density at radius 2 is 1.65 bits per heavy atom. The second kappa shape index (κ2) is 7.22. The van der Waals surface area contributed by atoms with E-state index < -0.39 is 0 Å². The highest BCUT2D eigenvalue weighted by Gasteiger charge is 2.17. The van der Waals surface area contributed by atoms with Crippen molar-refractivity contribution < 1.29 is 4.74 Å². The van der Waals surface area contributed by atoms with E-state index in [2.05, 4.69) is 65.6 Å². The lowest BCUT2D eigenvalue weighted by atomic mass is 9.97. The number of aromatic amines is 1. The van der Waals surface area contributed by atoms with Gasteiger partial charge in [-0.05, 0) is 60.3 Å². The van der Waals surface area contributed by atoms with Gasteiger partial charge in [0.05, 0.1) is 12.8 Å². The number of hydrogen-bond acceptors (Lipinski definition) is 2. The molecule has 0 aliphatic rings. The lowest BCUT2D eigenvalue weighted by molar-refractivity contribution is 0.417. The highest BCUT2D eigenvalue weighted by molar-refractivity contribution is 5.96. The van der Waals surface area contributed by atoms with Crippen molar-refractivity contribution in [1.29, 1.82) is 0 Å². The van der Waals surface area contributed by atoms with E-state index in [0.29, 0.717) is 0 Å². The van der Waals surface area contributed by atoms with E-state index in [0.717, 1.165) is 42.8 Å². The molecule has 3 heteroatoms. The molecule has 132 valence electrons. The van der Waals surface area contributed by atoms with Gasteiger partial charge >= 0.3 is 0 Å². The van der Waals surface area contributed by atoms with Gasteiger partial charge in [-0.2, -0.15) is 0 Å². The maximum atomic E-state index is 5.74. The first-order valence-corrected chi connectivity index (χ1v) is 9.18. The minimum absolute atomic E-state index is 0.733. The van der Waals surface area contributed by atoms with Crippen molar-refractivity contribution in [3.63, 3.8) is 0 Å². The second-order valence-corrected chi connectivity index (χ2v) is 6.67. The number of hydrogen-bond donors (Lipinski definition) is 2. The number of benzene rings is 3. The Morgan fingerprint density at radius 1 is 0.923 bits per heavy atom. The predicted octanol–water partition coefficient (Wildman–Crippen LogP) is 5.28. The standard InChI is InChI=1S/C23H24N2O/c1-26-22-15-17-9-3-2-8-16(17)14-20(22)23-19(11-6-7-13-24)18-10-4-5-12-21(18)25-23/h2-5,8-10,12,14-15,25H,6-7,11,13,24H2,1H3. The van der Waals surface area contributed by atoms with Crippen LogP contribution in [-0.2, 0) is 6.42 Å². The number of aryl methyl sites for hydroxylation is 1. The van der Waals surface area contributed by atoms with Gasteiger partial charge in [0.1, 0.15) is 5.75 Å². The maximum absolute atomic E-state index is 5.74. The summed E-state index contributed by atoms with van der Waals surface area (Å²) in [4.78, 5) is 3.64. The summed E-state index contributed by atoms with van der Waals surface area (Å²) in [5, 5.41) is 3.69. The number of methoxy groups -OCH3 is 1. The third-order valence-electron chi connectivity index (χ3n) is 5.03. The Hall–Kier alpha value is -2.78. The number of aromatic nitrogens is 1. The fourth-order valence-corrected chi connectivity index (χ4v) is 3.72. The Bertz CT molecular complexity index is 1050. The molecule has 0 unspecified atom stereocenters. The minimum atomic E-state index is 0.733. The third-order valence-corrected chi connectivity index (χ3v) is 5.03. The van der Waals surface area contributed by atoms with Gasteiger partial charge in [-0.25, -0.2) is 0 Å². The van der Waals surface area contributed by atoms with E-state index in [-0.39, 0.29) is 0 Å². The van der Waals surface area contributed by atoms with Crippen LogP contribution in [0.4, 0.5) is 0 Å².